The summed E-state index contributed by atoms with van der Waals surface area (Å²) < 4.78 is 13.5. The molecule has 0 aliphatic heterocycles. The zero-order valence-electron chi connectivity index (χ0n) is 8.49. The second kappa shape index (κ2) is 4.95. The summed E-state index contributed by atoms with van der Waals surface area (Å²) in [4.78, 5) is 1.06. The standard InChI is InChI=1S/C12H11ClFNS/c13-9-4-3-8(10(14)7-9)6-11(15)12-2-1-5-16-12/h1-5,7,11H,6,15H2. The maximum absolute atomic E-state index is 13.5. The Labute approximate surface area is 103 Å². The Morgan fingerprint density at radius 1 is 1.38 bits per heavy atom. The Balaban J connectivity index is 2.15. The lowest BCUT2D eigenvalue weighted by Gasteiger charge is -2.10. The molecule has 0 amide bonds. The van der Waals surface area contributed by atoms with Crippen LogP contribution in [0.3, 0.4) is 0 Å². The van der Waals surface area contributed by atoms with Crippen molar-refractivity contribution in [2.24, 2.45) is 5.73 Å². The normalized spacial score (nSPS) is 12.7. The van der Waals surface area contributed by atoms with Crippen molar-refractivity contribution in [1.82, 2.24) is 0 Å². The molecule has 2 aromatic rings. The molecule has 2 N–H and O–H groups in total. The molecule has 0 aliphatic rings. The number of rotatable bonds is 3. The molecule has 1 unspecified atom stereocenters. The van der Waals surface area contributed by atoms with Crippen LogP contribution in [0.2, 0.25) is 5.02 Å². The summed E-state index contributed by atoms with van der Waals surface area (Å²) in [5.74, 6) is -0.292. The average molecular weight is 256 g/mol. The van der Waals surface area contributed by atoms with E-state index in [1.807, 2.05) is 17.5 Å². The largest absolute Gasteiger partial charge is 0.323 e. The molecule has 1 heterocycles. The predicted octanol–water partition coefficient (Wildman–Crippen LogP) is 3.78. The monoisotopic (exact) mass is 255 g/mol. The summed E-state index contributed by atoms with van der Waals surface area (Å²) in [5.41, 5.74) is 6.59. The number of thiophene rings is 1. The Morgan fingerprint density at radius 3 is 2.81 bits per heavy atom. The first kappa shape index (κ1) is 11.6. The van der Waals surface area contributed by atoms with Gasteiger partial charge in [0.05, 0.1) is 0 Å². The molecule has 0 radical (unpaired) electrons. The van der Waals surface area contributed by atoms with Gasteiger partial charge in [-0.25, -0.2) is 4.39 Å². The van der Waals surface area contributed by atoms with E-state index in [1.54, 1.807) is 23.5 Å². The van der Waals surface area contributed by atoms with Gasteiger partial charge in [-0.2, -0.15) is 0 Å². The van der Waals surface area contributed by atoms with Gasteiger partial charge in [-0.3, -0.25) is 0 Å². The van der Waals surface area contributed by atoms with Crippen molar-refractivity contribution in [3.8, 4) is 0 Å². The van der Waals surface area contributed by atoms with E-state index in [0.717, 1.165) is 4.88 Å². The van der Waals surface area contributed by atoms with Crippen LogP contribution in [-0.2, 0) is 6.42 Å². The minimum absolute atomic E-state index is 0.157. The molecule has 4 heteroatoms. The first-order chi connectivity index (χ1) is 7.66. The molecule has 0 saturated heterocycles. The van der Waals surface area contributed by atoms with Crippen molar-refractivity contribution in [1.29, 1.82) is 0 Å². The summed E-state index contributed by atoms with van der Waals surface area (Å²) in [5, 5.41) is 2.37. The van der Waals surface area contributed by atoms with Crippen molar-refractivity contribution >= 4 is 22.9 Å². The van der Waals surface area contributed by atoms with Gasteiger partial charge in [-0.1, -0.05) is 23.7 Å². The highest BCUT2D eigenvalue weighted by Gasteiger charge is 2.11. The van der Waals surface area contributed by atoms with Gasteiger partial charge in [0.1, 0.15) is 5.82 Å². The van der Waals surface area contributed by atoms with Crippen molar-refractivity contribution < 1.29 is 4.39 Å². The molecule has 1 aromatic heterocycles. The van der Waals surface area contributed by atoms with E-state index in [-0.39, 0.29) is 11.9 Å². The van der Waals surface area contributed by atoms with Gasteiger partial charge in [-0.05, 0) is 35.6 Å². The van der Waals surface area contributed by atoms with Crippen LogP contribution in [0.15, 0.2) is 35.7 Å². The smallest absolute Gasteiger partial charge is 0.127 e. The fraction of sp³-hybridized carbons (Fsp3) is 0.167. The molecule has 1 aromatic carbocycles. The van der Waals surface area contributed by atoms with Gasteiger partial charge >= 0.3 is 0 Å². The lowest BCUT2D eigenvalue weighted by molar-refractivity contribution is 0.595. The van der Waals surface area contributed by atoms with E-state index in [0.29, 0.717) is 17.0 Å². The number of hydrogen-bond donors (Lipinski definition) is 1. The molecule has 0 fully saturated rings. The average Bonchev–Trinajstić information content (AvgIpc) is 2.75. The molecular weight excluding hydrogens is 245 g/mol. The van der Waals surface area contributed by atoms with E-state index >= 15 is 0 Å². The Morgan fingerprint density at radius 2 is 2.19 bits per heavy atom. The van der Waals surface area contributed by atoms with Crippen molar-refractivity contribution in [3.63, 3.8) is 0 Å². The van der Waals surface area contributed by atoms with Crippen LogP contribution in [0.1, 0.15) is 16.5 Å². The summed E-state index contributed by atoms with van der Waals surface area (Å²) >= 11 is 7.27. The minimum Gasteiger partial charge on any atom is -0.323 e. The Bertz CT molecular complexity index is 470. The molecule has 0 bridgehead atoms. The second-order valence-electron chi connectivity index (χ2n) is 3.56. The molecule has 2 rings (SSSR count). The van der Waals surface area contributed by atoms with Crippen LogP contribution in [0.5, 0.6) is 0 Å². The highest BCUT2D eigenvalue weighted by molar-refractivity contribution is 7.10. The van der Waals surface area contributed by atoms with Crippen LogP contribution < -0.4 is 5.73 Å². The van der Waals surface area contributed by atoms with Crippen LogP contribution >= 0.6 is 22.9 Å². The summed E-state index contributed by atoms with van der Waals surface area (Å²) in [6.45, 7) is 0. The van der Waals surface area contributed by atoms with Crippen molar-refractivity contribution in [3.05, 3.63) is 57.0 Å². The number of halogens is 2. The van der Waals surface area contributed by atoms with Gasteiger partial charge in [0.15, 0.2) is 0 Å². The Hall–Kier alpha value is -0.900. The van der Waals surface area contributed by atoms with E-state index in [4.69, 9.17) is 17.3 Å². The molecule has 1 atom stereocenters. The first-order valence-electron chi connectivity index (χ1n) is 4.89. The van der Waals surface area contributed by atoms with E-state index in [9.17, 15) is 4.39 Å². The minimum atomic E-state index is -0.292. The zero-order chi connectivity index (χ0) is 11.5. The molecule has 0 aliphatic carbocycles. The Kier molecular flexibility index (Phi) is 3.59. The molecule has 0 spiro atoms. The zero-order valence-corrected chi connectivity index (χ0v) is 10.1. The van der Waals surface area contributed by atoms with Crippen LogP contribution in [0.4, 0.5) is 4.39 Å². The van der Waals surface area contributed by atoms with Crippen LogP contribution in [0.25, 0.3) is 0 Å². The highest BCUT2D eigenvalue weighted by Crippen LogP contribution is 2.23. The van der Waals surface area contributed by atoms with Gasteiger partial charge in [0.25, 0.3) is 0 Å². The molecule has 84 valence electrons. The summed E-state index contributed by atoms with van der Waals surface area (Å²) in [6.07, 6.45) is 0.490. The highest BCUT2D eigenvalue weighted by atomic mass is 35.5. The topological polar surface area (TPSA) is 26.0 Å². The molecule has 16 heavy (non-hydrogen) atoms. The van der Waals surface area contributed by atoms with E-state index in [2.05, 4.69) is 0 Å². The van der Waals surface area contributed by atoms with Crippen molar-refractivity contribution in [2.45, 2.75) is 12.5 Å². The third kappa shape index (κ3) is 2.61. The number of hydrogen-bond acceptors (Lipinski definition) is 2. The predicted molar refractivity (Wildman–Crippen MR) is 66.4 cm³/mol. The lowest BCUT2D eigenvalue weighted by atomic mass is 10.1. The first-order valence-corrected chi connectivity index (χ1v) is 6.15. The lowest BCUT2D eigenvalue weighted by Crippen LogP contribution is -2.12. The van der Waals surface area contributed by atoms with E-state index < -0.39 is 0 Å². The van der Waals surface area contributed by atoms with E-state index in [1.165, 1.54) is 6.07 Å². The number of nitrogens with two attached hydrogens (primary N) is 1. The molecular formula is C12H11ClFNS. The summed E-state index contributed by atoms with van der Waals surface area (Å²) in [6, 6.07) is 8.43. The van der Waals surface area contributed by atoms with Crippen LogP contribution in [-0.4, -0.2) is 0 Å². The molecule has 0 saturated carbocycles. The van der Waals surface area contributed by atoms with Gasteiger partial charge in [0.2, 0.25) is 0 Å². The van der Waals surface area contributed by atoms with Crippen molar-refractivity contribution in [2.75, 3.05) is 0 Å². The van der Waals surface area contributed by atoms with Crippen LogP contribution in [0, 0.1) is 5.82 Å². The second-order valence-corrected chi connectivity index (χ2v) is 4.98. The fourth-order valence-corrected chi connectivity index (χ4v) is 2.42. The van der Waals surface area contributed by atoms with Gasteiger partial charge < -0.3 is 5.73 Å². The van der Waals surface area contributed by atoms with Gasteiger partial charge in [0, 0.05) is 15.9 Å². The number of benzene rings is 1. The third-order valence-electron chi connectivity index (χ3n) is 2.36. The summed E-state index contributed by atoms with van der Waals surface area (Å²) in [7, 11) is 0. The third-order valence-corrected chi connectivity index (χ3v) is 3.60. The maximum atomic E-state index is 13.5. The quantitative estimate of drug-likeness (QED) is 0.887. The maximum Gasteiger partial charge on any atom is 0.127 e. The SMILES string of the molecule is NC(Cc1ccc(Cl)cc1F)c1cccs1. The molecule has 1 nitrogen and oxygen atoms in total. The van der Waals surface area contributed by atoms with Gasteiger partial charge in [-0.15, -0.1) is 11.3 Å². The fourth-order valence-electron chi connectivity index (χ4n) is 1.53.